The van der Waals surface area contributed by atoms with Crippen molar-refractivity contribution in [2.45, 2.75) is 19.8 Å². The average molecular weight is 246 g/mol. The summed E-state index contributed by atoms with van der Waals surface area (Å²) in [5.74, 6) is -0.200. The fourth-order valence-electron chi connectivity index (χ4n) is 1.93. The second kappa shape index (κ2) is 6.65. The molecule has 0 unspecified atom stereocenters. The van der Waals surface area contributed by atoms with Gasteiger partial charge in [0.1, 0.15) is 6.07 Å². The van der Waals surface area contributed by atoms with E-state index in [1.54, 1.807) is 6.07 Å². The number of ether oxygens (including phenoxy) is 1. The van der Waals surface area contributed by atoms with Gasteiger partial charge >= 0.3 is 5.97 Å². The molecule has 0 atom stereocenters. The third-order valence-electron chi connectivity index (χ3n) is 2.84. The quantitative estimate of drug-likeness (QED) is 0.748. The number of nitrogens with zero attached hydrogens (tertiary/aromatic N) is 2. The van der Waals surface area contributed by atoms with Crippen LogP contribution in [0.25, 0.3) is 0 Å². The summed E-state index contributed by atoms with van der Waals surface area (Å²) in [6.45, 7) is 2.70. The van der Waals surface area contributed by atoms with Crippen LogP contribution in [0.3, 0.4) is 0 Å². The number of anilines is 1. The third kappa shape index (κ3) is 3.49. The molecule has 0 bridgehead atoms. The molecule has 1 rings (SSSR count). The van der Waals surface area contributed by atoms with Crippen LogP contribution in [0, 0.1) is 18.3 Å². The van der Waals surface area contributed by atoms with E-state index in [9.17, 15) is 4.79 Å². The molecule has 1 aromatic carbocycles. The standard InChI is InChI=1S/C14H18N2O2/c1-11-6-4-7-12(10-15)14(11)16(2)9-5-8-13(17)18-3/h4,6-7H,5,8-9H2,1-3H3. The van der Waals surface area contributed by atoms with E-state index in [1.807, 2.05) is 31.0 Å². The lowest BCUT2D eigenvalue weighted by Crippen LogP contribution is -2.21. The van der Waals surface area contributed by atoms with Crippen molar-refractivity contribution < 1.29 is 9.53 Å². The Morgan fingerprint density at radius 2 is 2.22 bits per heavy atom. The topological polar surface area (TPSA) is 53.3 Å². The Morgan fingerprint density at radius 1 is 1.50 bits per heavy atom. The summed E-state index contributed by atoms with van der Waals surface area (Å²) in [5.41, 5.74) is 2.66. The largest absolute Gasteiger partial charge is 0.469 e. The highest BCUT2D eigenvalue weighted by atomic mass is 16.5. The molecule has 18 heavy (non-hydrogen) atoms. The summed E-state index contributed by atoms with van der Waals surface area (Å²) in [6, 6.07) is 7.85. The lowest BCUT2D eigenvalue weighted by atomic mass is 10.1. The molecule has 0 spiro atoms. The van der Waals surface area contributed by atoms with Gasteiger partial charge in [-0.05, 0) is 25.0 Å². The average Bonchev–Trinajstić information content (AvgIpc) is 2.37. The number of carbonyl (C=O) groups is 1. The van der Waals surface area contributed by atoms with Crippen molar-refractivity contribution in [2.24, 2.45) is 0 Å². The molecular weight excluding hydrogens is 228 g/mol. The highest BCUT2D eigenvalue weighted by Crippen LogP contribution is 2.23. The van der Waals surface area contributed by atoms with E-state index in [2.05, 4.69) is 10.8 Å². The Labute approximate surface area is 108 Å². The smallest absolute Gasteiger partial charge is 0.305 e. The van der Waals surface area contributed by atoms with Gasteiger partial charge in [-0.1, -0.05) is 12.1 Å². The maximum Gasteiger partial charge on any atom is 0.305 e. The predicted molar refractivity (Wildman–Crippen MR) is 70.4 cm³/mol. The molecule has 0 aliphatic heterocycles. The van der Waals surface area contributed by atoms with Gasteiger partial charge in [-0.2, -0.15) is 5.26 Å². The van der Waals surface area contributed by atoms with Gasteiger partial charge in [-0.3, -0.25) is 4.79 Å². The number of benzene rings is 1. The molecule has 0 aliphatic carbocycles. The van der Waals surface area contributed by atoms with Gasteiger partial charge < -0.3 is 9.64 Å². The van der Waals surface area contributed by atoms with Gasteiger partial charge in [0, 0.05) is 20.0 Å². The second-order valence-corrected chi connectivity index (χ2v) is 4.18. The fraction of sp³-hybridized carbons (Fsp3) is 0.429. The monoisotopic (exact) mass is 246 g/mol. The van der Waals surface area contributed by atoms with E-state index in [0.717, 1.165) is 11.3 Å². The fourth-order valence-corrected chi connectivity index (χ4v) is 1.93. The Hall–Kier alpha value is -2.02. The van der Waals surface area contributed by atoms with Crippen molar-refractivity contribution in [3.8, 4) is 6.07 Å². The minimum Gasteiger partial charge on any atom is -0.469 e. The predicted octanol–water partition coefficient (Wildman–Crippen LogP) is 2.26. The highest BCUT2D eigenvalue weighted by Gasteiger charge is 2.10. The summed E-state index contributed by atoms with van der Waals surface area (Å²) < 4.78 is 4.60. The number of aryl methyl sites for hydroxylation is 1. The zero-order valence-electron chi connectivity index (χ0n) is 11.1. The molecule has 0 aromatic heterocycles. The summed E-state index contributed by atoms with van der Waals surface area (Å²) in [7, 11) is 3.32. The van der Waals surface area contributed by atoms with E-state index in [0.29, 0.717) is 24.9 Å². The number of nitriles is 1. The first-order chi connectivity index (χ1) is 8.60. The van der Waals surface area contributed by atoms with Crippen LogP contribution in [0.4, 0.5) is 5.69 Å². The Balaban J connectivity index is 2.70. The Bertz CT molecular complexity index is 463. The molecule has 0 fully saturated rings. The number of hydrogen-bond acceptors (Lipinski definition) is 4. The maximum atomic E-state index is 11.0. The Morgan fingerprint density at radius 3 is 2.83 bits per heavy atom. The first-order valence-electron chi connectivity index (χ1n) is 5.87. The van der Waals surface area contributed by atoms with Crippen molar-refractivity contribution in [1.29, 1.82) is 5.26 Å². The minimum absolute atomic E-state index is 0.200. The Kier molecular flexibility index (Phi) is 5.19. The van der Waals surface area contributed by atoms with E-state index >= 15 is 0 Å². The molecule has 0 aliphatic rings. The third-order valence-corrected chi connectivity index (χ3v) is 2.84. The number of methoxy groups -OCH3 is 1. The van der Waals surface area contributed by atoms with Crippen LogP contribution in [-0.4, -0.2) is 26.7 Å². The van der Waals surface area contributed by atoms with Crippen LogP contribution >= 0.6 is 0 Å². The zero-order valence-corrected chi connectivity index (χ0v) is 11.1. The van der Waals surface area contributed by atoms with Crippen LogP contribution < -0.4 is 4.90 Å². The number of esters is 1. The van der Waals surface area contributed by atoms with Gasteiger partial charge in [0.05, 0.1) is 18.4 Å². The van der Waals surface area contributed by atoms with Crippen LogP contribution in [0.15, 0.2) is 18.2 Å². The van der Waals surface area contributed by atoms with Gasteiger partial charge in [0.25, 0.3) is 0 Å². The van der Waals surface area contributed by atoms with Gasteiger partial charge in [-0.25, -0.2) is 0 Å². The highest BCUT2D eigenvalue weighted by molar-refractivity contribution is 5.69. The van der Waals surface area contributed by atoms with E-state index in [4.69, 9.17) is 5.26 Å². The molecule has 0 amide bonds. The van der Waals surface area contributed by atoms with Crippen molar-refractivity contribution in [3.63, 3.8) is 0 Å². The van der Waals surface area contributed by atoms with E-state index in [-0.39, 0.29) is 5.97 Å². The van der Waals surface area contributed by atoms with Crippen LogP contribution in [0.2, 0.25) is 0 Å². The summed E-state index contributed by atoms with van der Waals surface area (Å²) >= 11 is 0. The number of hydrogen-bond donors (Lipinski definition) is 0. The van der Waals surface area contributed by atoms with E-state index < -0.39 is 0 Å². The number of para-hydroxylation sites is 1. The number of rotatable bonds is 5. The summed E-state index contributed by atoms with van der Waals surface area (Å²) in [5, 5.41) is 9.09. The van der Waals surface area contributed by atoms with Crippen molar-refractivity contribution >= 4 is 11.7 Å². The summed E-state index contributed by atoms with van der Waals surface area (Å²) in [4.78, 5) is 13.0. The zero-order chi connectivity index (χ0) is 13.5. The maximum absolute atomic E-state index is 11.0. The van der Waals surface area contributed by atoms with Crippen molar-refractivity contribution in [3.05, 3.63) is 29.3 Å². The molecule has 0 heterocycles. The molecule has 4 heteroatoms. The number of carbonyl (C=O) groups excluding carboxylic acids is 1. The molecule has 0 saturated heterocycles. The normalized spacial score (nSPS) is 9.67. The first-order valence-corrected chi connectivity index (χ1v) is 5.87. The van der Waals surface area contributed by atoms with Crippen LogP contribution in [0.5, 0.6) is 0 Å². The van der Waals surface area contributed by atoms with Gasteiger partial charge in [0.2, 0.25) is 0 Å². The van der Waals surface area contributed by atoms with Crippen molar-refractivity contribution in [1.82, 2.24) is 0 Å². The van der Waals surface area contributed by atoms with Crippen molar-refractivity contribution in [2.75, 3.05) is 25.6 Å². The minimum atomic E-state index is -0.200. The molecular formula is C14H18N2O2. The van der Waals surface area contributed by atoms with Crippen LogP contribution in [0.1, 0.15) is 24.0 Å². The molecule has 0 N–H and O–H groups in total. The second-order valence-electron chi connectivity index (χ2n) is 4.18. The molecule has 0 saturated carbocycles. The molecule has 4 nitrogen and oxygen atoms in total. The summed E-state index contributed by atoms with van der Waals surface area (Å²) in [6.07, 6.45) is 1.11. The lowest BCUT2D eigenvalue weighted by molar-refractivity contribution is -0.140. The van der Waals surface area contributed by atoms with E-state index in [1.165, 1.54) is 7.11 Å². The molecule has 0 radical (unpaired) electrons. The molecule has 96 valence electrons. The van der Waals surface area contributed by atoms with Crippen LogP contribution in [-0.2, 0) is 9.53 Å². The first kappa shape index (κ1) is 14.0. The lowest BCUT2D eigenvalue weighted by Gasteiger charge is -2.22. The van der Waals surface area contributed by atoms with Gasteiger partial charge in [0.15, 0.2) is 0 Å². The van der Waals surface area contributed by atoms with Gasteiger partial charge in [-0.15, -0.1) is 0 Å². The molecule has 1 aromatic rings. The SMILES string of the molecule is COC(=O)CCCN(C)c1c(C)cccc1C#N.